The van der Waals surface area contributed by atoms with Crippen molar-refractivity contribution in [3.63, 3.8) is 0 Å². The molecule has 28 heavy (non-hydrogen) atoms. The minimum absolute atomic E-state index is 0.320. The topological polar surface area (TPSA) is 46.2 Å². The van der Waals surface area contributed by atoms with Gasteiger partial charge in [0.05, 0.1) is 4.90 Å². The van der Waals surface area contributed by atoms with Crippen molar-refractivity contribution in [3.05, 3.63) is 101 Å². The number of hydrogen-bond donors (Lipinski definition) is 1. The van der Waals surface area contributed by atoms with Gasteiger partial charge in [-0.2, -0.15) is 0 Å². The van der Waals surface area contributed by atoms with Crippen molar-refractivity contribution >= 4 is 10.0 Å². The van der Waals surface area contributed by atoms with Gasteiger partial charge in [-0.1, -0.05) is 72.3 Å². The maximum Gasteiger partial charge on any atom is 0.240 e. The summed E-state index contributed by atoms with van der Waals surface area (Å²) in [6.45, 7) is 2.38. The van der Waals surface area contributed by atoms with Gasteiger partial charge in [-0.3, -0.25) is 0 Å². The van der Waals surface area contributed by atoms with Gasteiger partial charge in [0.2, 0.25) is 10.0 Å². The summed E-state index contributed by atoms with van der Waals surface area (Å²) in [5.41, 5.74) is 4.96. The van der Waals surface area contributed by atoms with Crippen molar-refractivity contribution in [2.75, 3.05) is 6.54 Å². The summed E-state index contributed by atoms with van der Waals surface area (Å²) in [4.78, 5) is 0.320. The first kappa shape index (κ1) is 20.3. The number of nitrogens with one attached hydrogen (secondary N) is 1. The molecule has 1 N–H and O–H groups in total. The second kappa shape index (κ2) is 9.67. The predicted octanol–water partition coefficient (Wildman–Crippen LogP) is 4.69. The third-order valence-corrected chi connectivity index (χ3v) is 6.28. The Morgan fingerprint density at radius 2 is 1.32 bits per heavy atom. The van der Waals surface area contributed by atoms with Crippen LogP contribution in [-0.4, -0.2) is 15.0 Å². The Morgan fingerprint density at radius 3 is 2.04 bits per heavy atom. The fraction of sp³-hybridized carbons (Fsp3) is 0.250. The van der Waals surface area contributed by atoms with Crippen LogP contribution in [0.3, 0.4) is 0 Å². The van der Waals surface area contributed by atoms with Crippen molar-refractivity contribution in [1.82, 2.24) is 4.72 Å². The van der Waals surface area contributed by atoms with E-state index in [1.54, 1.807) is 12.1 Å². The minimum Gasteiger partial charge on any atom is -0.211 e. The highest BCUT2D eigenvalue weighted by Crippen LogP contribution is 2.12. The van der Waals surface area contributed by atoms with Gasteiger partial charge in [0.1, 0.15) is 0 Å². The van der Waals surface area contributed by atoms with Crippen LogP contribution >= 0.6 is 0 Å². The van der Waals surface area contributed by atoms with Crippen molar-refractivity contribution in [3.8, 4) is 0 Å². The summed E-state index contributed by atoms with van der Waals surface area (Å²) in [5.74, 6) is 0. The number of benzene rings is 3. The van der Waals surface area contributed by atoms with Crippen LogP contribution in [0.2, 0.25) is 0 Å². The third kappa shape index (κ3) is 6.04. The highest BCUT2D eigenvalue weighted by atomic mass is 32.2. The van der Waals surface area contributed by atoms with Crippen LogP contribution in [0.1, 0.15) is 28.7 Å². The lowest BCUT2D eigenvalue weighted by Gasteiger charge is -2.08. The molecule has 0 spiro atoms. The summed E-state index contributed by atoms with van der Waals surface area (Å²) in [6, 6.07) is 26.0. The molecule has 0 aromatic heterocycles. The molecule has 3 aromatic carbocycles. The molecule has 0 saturated carbocycles. The summed E-state index contributed by atoms with van der Waals surface area (Å²) < 4.78 is 27.3. The summed E-state index contributed by atoms with van der Waals surface area (Å²) in [5, 5.41) is 0. The molecule has 0 aliphatic rings. The molecule has 0 radical (unpaired) electrons. The first-order valence-corrected chi connectivity index (χ1v) is 11.2. The molecule has 0 atom stereocenters. The molecule has 0 aliphatic heterocycles. The van der Waals surface area contributed by atoms with E-state index >= 15 is 0 Å². The molecule has 146 valence electrons. The first-order chi connectivity index (χ1) is 13.5. The van der Waals surface area contributed by atoms with Gasteiger partial charge >= 0.3 is 0 Å². The highest BCUT2D eigenvalue weighted by molar-refractivity contribution is 7.89. The van der Waals surface area contributed by atoms with E-state index in [1.165, 1.54) is 16.7 Å². The largest absolute Gasteiger partial charge is 0.240 e. The Balaban J connectivity index is 1.47. The quantitative estimate of drug-likeness (QED) is 0.536. The van der Waals surface area contributed by atoms with E-state index in [1.807, 2.05) is 25.1 Å². The zero-order valence-electron chi connectivity index (χ0n) is 16.3. The number of rotatable bonds is 9. The molecular weight excluding hydrogens is 366 g/mol. The maximum absolute atomic E-state index is 12.3. The molecule has 0 heterocycles. The van der Waals surface area contributed by atoms with E-state index < -0.39 is 10.0 Å². The molecule has 3 rings (SSSR count). The average Bonchev–Trinajstić information content (AvgIpc) is 2.71. The van der Waals surface area contributed by atoms with E-state index in [-0.39, 0.29) is 0 Å². The van der Waals surface area contributed by atoms with Crippen LogP contribution in [0.5, 0.6) is 0 Å². The maximum atomic E-state index is 12.3. The number of hydrogen-bond acceptors (Lipinski definition) is 2. The predicted molar refractivity (Wildman–Crippen MR) is 115 cm³/mol. The lowest BCUT2D eigenvalue weighted by Crippen LogP contribution is -2.25. The Morgan fingerprint density at radius 1 is 0.714 bits per heavy atom. The second-order valence-electron chi connectivity index (χ2n) is 7.12. The van der Waals surface area contributed by atoms with Crippen molar-refractivity contribution in [1.29, 1.82) is 0 Å². The van der Waals surface area contributed by atoms with Gasteiger partial charge in [0.15, 0.2) is 0 Å². The highest BCUT2D eigenvalue weighted by Gasteiger charge is 2.12. The van der Waals surface area contributed by atoms with Gasteiger partial charge in [0.25, 0.3) is 0 Å². The van der Waals surface area contributed by atoms with E-state index in [0.717, 1.165) is 31.2 Å². The van der Waals surface area contributed by atoms with Crippen molar-refractivity contribution in [2.45, 2.75) is 37.5 Å². The van der Waals surface area contributed by atoms with E-state index in [9.17, 15) is 8.42 Å². The molecule has 0 unspecified atom stereocenters. The molecule has 3 nitrogen and oxygen atoms in total. The van der Waals surface area contributed by atoms with E-state index in [2.05, 4.69) is 53.3 Å². The van der Waals surface area contributed by atoms with Gasteiger partial charge < -0.3 is 0 Å². The number of sulfonamides is 1. The molecular formula is C24H27NO2S. The van der Waals surface area contributed by atoms with Crippen molar-refractivity contribution in [2.24, 2.45) is 0 Å². The smallest absolute Gasteiger partial charge is 0.211 e. The molecule has 0 bridgehead atoms. The summed E-state index contributed by atoms with van der Waals surface area (Å²) in [7, 11) is -3.43. The SMILES string of the molecule is Cc1ccc(S(=O)(=O)NCCCc2cccc(CCc3ccccc3)c2)cc1. The van der Waals surface area contributed by atoms with Crippen LogP contribution in [0.4, 0.5) is 0 Å². The van der Waals surface area contributed by atoms with E-state index in [0.29, 0.717) is 11.4 Å². The monoisotopic (exact) mass is 393 g/mol. The molecule has 0 aliphatic carbocycles. The Bertz CT molecular complexity index is 981. The fourth-order valence-electron chi connectivity index (χ4n) is 3.17. The fourth-order valence-corrected chi connectivity index (χ4v) is 4.25. The third-order valence-electron chi connectivity index (χ3n) is 4.80. The molecule has 4 heteroatoms. The van der Waals surface area contributed by atoms with Gasteiger partial charge in [-0.05, 0) is 61.4 Å². The lowest BCUT2D eigenvalue weighted by atomic mass is 10.0. The second-order valence-corrected chi connectivity index (χ2v) is 8.89. The average molecular weight is 394 g/mol. The molecule has 3 aromatic rings. The molecule has 0 fully saturated rings. The standard InChI is InChI=1S/C24H27NO2S/c1-20-12-16-24(17-13-20)28(26,27)25-18-6-11-22-9-5-10-23(19-22)15-14-21-7-3-2-4-8-21/h2-5,7-10,12-13,16-17,19,25H,6,11,14-15,18H2,1H3. The zero-order valence-corrected chi connectivity index (χ0v) is 17.1. The summed E-state index contributed by atoms with van der Waals surface area (Å²) >= 11 is 0. The molecule has 0 amide bonds. The normalized spacial score (nSPS) is 11.5. The van der Waals surface area contributed by atoms with Crippen LogP contribution in [-0.2, 0) is 29.3 Å². The van der Waals surface area contributed by atoms with Gasteiger partial charge in [0, 0.05) is 6.54 Å². The number of aryl methyl sites for hydroxylation is 4. The zero-order chi connectivity index (χ0) is 19.8. The van der Waals surface area contributed by atoms with Crippen molar-refractivity contribution < 1.29 is 8.42 Å². The Hall–Kier alpha value is -2.43. The lowest BCUT2D eigenvalue weighted by molar-refractivity contribution is 0.579. The van der Waals surface area contributed by atoms with Gasteiger partial charge in [-0.25, -0.2) is 13.1 Å². The van der Waals surface area contributed by atoms with Crippen LogP contribution < -0.4 is 4.72 Å². The summed E-state index contributed by atoms with van der Waals surface area (Å²) in [6.07, 6.45) is 3.67. The minimum atomic E-state index is -3.43. The van der Waals surface area contributed by atoms with Gasteiger partial charge in [-0.15, -0.1) is 0 Å². The Labute approximate surface area is 168 Å². The van der Waals surface area contributed by atoms with Crippen LogP contribution in [0.25, 0.3) is 0 Å². The van der Waals surface area contributed by atoms with E-state index in [4.69, 9.17) is 0 Å². The Kier molecular flexibility index (Phi) is 7.01. The molecule has 0 saturated heterocycles. The first-order valence-electron chi connectivity index (χ1n) is 9.71. The van der Waals surface area contributed by atoms with Crippen LogP contribution in [0, 0.1) is 6.92 Å². The van der Waals surface area contributed by atoms with Crippen LogP contribution in [0.15, 0.2) is 83.8 Å².